The van der Waals surface area contributed by atoms with Gasteiger partial charge in [0.25, 0.3) is 5.91 Å². The second kappa shape index (κ2) is 3.72. The fraction of sp³-hybridized carbons (Fsp3) is 0.375. The summed E-state index contributed by atoms with van der Waals surface area (Å²) >= 11 is 0. The molecule has 1 aromatic carbocycles. The number of hydrogen-bond acceptors (Lipinski definition) is 3. The highest BCUT2D eigenvalue weighted by Gasteiger charge is 2.31. The van der Waals surface area contributed by atoms with Crippen LogP contribution in [0.15, 0.2) is 28.4 Å². The van der Waals surface area contributed by atoms with Gasteiger partial charge in [-0.05, 0) is 36.8 Å². The SMILES string of the molecule is CC1(C)CCc2nc3cccc4c3c(c2C1)N=NC4=O. The number of amides is 1. The normalized spacial score (nSPS) is 19.2. The van der Waals surface area contributed by atoms with Crippen molar-refractivity contribution in [2.75, 3.05) is 0 Å². The Morgan fingerprint density at radius 3 is 2.90 bits per heavy atom. The average Bonchev–Trinajstić information content (AvgIpc) is 2.42. The van der Waals surface area contributed by atoms with Gasteiger partial charge in [-0.15, -0.1) is 10.2 Å². The molecule has 2 aliphatic rings. The summed E-state index contributed by atoms with van der Waals surface area (Å²) in [6, 6.07) is 5.64. The van der Waals surface area contributed by atoms with Gasteiger partial charge in [0.05, 0.1) is 11.1 Å². The van der Waals surface area contributed by atoms with Crippen molar-refractivity contribution < 1.29 is 4.79 Å². The second-order valence-corrected chi connectivity index (χ2v) is 6.43. The van der Waals surface area contributed by atoms with Crippen LogP contribution in [0, 0.1) is 5.41 Å². The van der Waals surface area contributed by atoms with Crippen LogP contribution in [0.5, 0.6) is 0 Å². The number of azo groups is 1. The molecular weight excluding hydrogens is 250 g/mol. The van der Waals surface area contributed by atoms with E-state index < -0.39 is 0 Å². The van der Waals surface area contributed by atoms with E-state index in [1.165, 1.54) is 5.56 Å². The molecule has 0 atom stereocenters. The third-order valence-electron chi connectivity index (χ3n) is 4.33. The smallest absolute Gasteiger partial charge is 0.265 e. The highest BCUT2D eigenvalue weighted by atomic mass is 16.1. The Balaban J connectivity index is 2.10. The van der Waals surface area contributed by atoms with Gasteiger partial charge in [-0.2, -0.15) is 0 Å². The van der Waals surface area contributed by atoms with Crippen molar-refractivity contribution in [3.8, 4) is 0 Å². The van der Waals surface area contributed by atoms with Crippen molar-refractivity contribution in [3.05, 3.63) is 35.0 Å². The van der Waals surface area contributed by atoms with Crippen molar-refractivity contribution in [1.82, 2.24) is 4.98 Å². The lowest BCUT2D eigenvalue weighted by atomic mass is 9.75. The predicted molar refractivity (Wildman–Crippen MR) is 76.4 cm³/mol. The van der Waals surface area contributed by atoms with Gasteiger partial charge in [0.15, 0.2) is 0 Å². The van der Waals surface area contributed by atoms with Gasteiger partial charge in [-0.3, -0.25) is 9.78 Å². The summed E-state index contributed by atoms with van der Waals surface area (Å²) in [5.74, 6) is -0.264. The second-order valence-electron chi connectivity index (χ2n) is 6.43. The van der Waals surface area contributed by atoms with Crippen molar-refractivity contribution in [2.24, 2.45) is 15.6 Å². The van der Waals surface area contributed by atoms with Gasteiger partial charge in [-0.1, -0.05) is 19.9 Å². The molecule has 4 rings (SSSR count). The number of aromatic nitrogens is 1. The van der Waals surface area contributed by atoms with Crippen LogP contribution in [0.1, 0.15) is 41.9 Å². The Kier molecular flexibility index (Phi) is 2.18. The minimum absolute atomic E-state index is 0.255. The minimum atomic E-state index is -0.264. The zero-order valence-corrected chi connectivity index (χ0v) is 11.6. The van der Waals surface area contributed by atoms with Crippen LogP contribution in [0.4, 0.5) is 5.69 Å². The van der Waals surface area contributed by atoms with Gasteiger partial charge in [0, 0.05) is 16.6 Å². The molecule has 0 saturated carbocycles. The van der Waals surface area contributed by atoms with E-state index >= 15 is 0 Å². The molecular formula is C16H15N3O. The van der Waals surface area contributed by atoms with E-state index in [0.29, 0.717) is 5.56 Å². The molecule has 0 radical (unpaired) electrons. The molecule has 20 heavy (non-hydrogen) atoms. The number of aryl methyl sites for hydroxylation is 1. The van der Waals surface area contributed by atoms with Crippen LogP contribution >= 0.6 is 0 Å². The van der Waals surface area contributed by atoms with Crippen LogP contribution in [0.25, 0.3) is 10.9 Å². The molecule has 4 heteroatoms. The Morgan fingerprint density at radius 1 is 1.20 bits per heavy atom. The standard InChI is InChI=1S/C16H15N3O/c1-16(2)7-6-11-10(8-16)14-13-9(15(20)19-18-14)4-3-5-12(13)17-11/h3-5H,6-8H2,1-2H3. The molecule has 0 bridgehead atoms. The molecule has 0 fully saturated rings. The maximum Gasteiger partial charge on any atom is 0.296 e. The van der Waals surface area contributed by atoms with E-state index in [1.807, 2.05) is 18.2 Å². The van der Waals surface area contributed by atoms with Gasteiger partial charge in [0.1, 0.15) is 5.69 Å². The third-order valence-corrected chi connectivity index (χ3v) is 4.33. The van der Waals surface area contributed by atoms with Crippen LogP contribution < -0.4 is 0 Å². The zero-order valence-electron chi connectivity index (χ0n) is 11.6. The number of fused-ring (bicyclic) bond motifs is 2. The van der Waals surface area contributed by atoms with Crippen LogP contribution in [-0.4, -0.2) is 10.9 Å². The van der Waals surface area contributed by atoms with Gasteiger partial charge in [0.2, 0.25) is 0 Å². The van der Waals surface area contributed by atoms with Crippen molar-refractivity contribution in [2.45, 2.75) is 33.1 Å². The maximum absolute atomic E-state index is 11.9. The maximum atomic E-state index is 11.9. The number of hydrogen-bond donors (Lipinski definition) is 0. The average molecular weight is 265 g/mol. The Bertz CT molecular complexity index is 790. The fourth-order valence-electron chi connectivity index (χ4n) is 3.24. The monoisotopic (exact) mass is 265 g/mol. The first-order valence-electron chi connectivity index (χ1n) is 6.96. The zero-order chi connectivity index (χ0) is 13.9. The number of carbonyl (C=O) groups excluding carboxylic acids is 1. The number of benzene rings is 1. The highest BCUT2D eigenvalue weighted by Crippen LogP contribution is 2.43. The van der Waals surface area contributed by atoms with Crippen molar-refractivity contribution >= 4 is 22.5 Å². The first-order valence-corrected chi connectivity index (χ1v) is 6.96. The summed E-state index contributed by atoms with van der Waals surface area (Å²) in [4.78, 5) is 16.6. The van der Waals surface area contributed by atoms with Gasteiger partial charge in [-0.25, -0.2) is 0 Å². The first kappa shape index (κ1) is 11.7. The quantitative estimate of drug-likeness (QED) is 0.723. The summed E-state index contributed by atoms with van der Waals surface area (Å²) < 4.78 is 0. The lowest BCUT2D eigenvalue weighted by Crippen LogP contribution is -2.23. The molecule has 0 spiro atoms. The highest BCUT2D eigenvalue weighted by molar-refractivity contribution is 6.12. The molecule has 100 valence electrons. The summed E-state index contributed by atoms with van der Waals surface area (Å²) in [5, 5.41) is 8.90. The number of nitrogens with zero attached hydrogens (tertiary/aromatic N) is 3. The molecule has 0 N–H and O–H groups in total. The van der Waals surface area contributed by atoms with E-state index in [4.69, 9.17) is 4.98 Å². The fourth-order valence-corrected chi connectivity index (χ4v) is 3.24. The summed E-state index contributed by atoms with van der Waals surface area (Å²) in [7, 11) is 0. The molecule has 1 aliphatic carbocycles. The molecule has 1 amide bonds. The minimum Gasteiger partial charge on any atom is -0.265 e. The Labute approximate surface area is 116 Å². The number of carbonyl (C=O) groups is 1. The van der Waals surface area contributed by atoms with E-state index in [2.05, 4.69) is 24.1 Å². The molecule has 2 aromatic rings. The lowest BCUT2D eigenvalue weighted by molar-refractivity contribution is 0.0995. The van der Waals surface area contributed by atoms with Crippen molar-refractivity contribution in [1.29, 1.82) is 0 Å². The van der Waals surface area contributed by atoms with Crippen molar-refractivity contribution in [3.63, 3.8) is 0 Å². The summed E-state index contributed by atoms with van der Waals surface area (Å²) in [6.45, 7) is 4.54. The van der Waals surface area contributed by atoms with Crippen LogP contribution in [-0.2, 0) is 12.8 Å². The topological polar surface area (TPSA) is 54.7 Å². The van der Waals surface area contributed by atoms with E-state index in [9.17, 15) is 4.79 Å². The third kappa shape index (κ3) is 1.54. The van der Waals surface area contributed by atoms with E-state index in [1.54, 1.807) is 0 Å². The molecule has 1 aromatic heterocycles. The molecule has 4 nitrogen and oxygen atoms in total. The molecule has 0 unspecified atom stereocenters. The molecule has 2 heterocycles. The Hall–Kier alpha value is -2.10. The lowest BCUT2D eigenvalue weighted by Gasteiger charge is -2.32. The first-order chi connectivity index (χ1) is 9.55. The molecule has 1 aliphatic heterocycles. The van der Waals surface area contributed by atoms with Gasteiger partial charge >= 0.3 is 0 Å². The molecule has 0 saturated heterocycles. The van der Waals surface area contributed by atoms with Crippen LogP contribution in [0.2, 0.25) is 0 Å². The van der Waals surface area contributed by atoms with Crippen LogP contribution in [0.3, 0.4) is 0 Å². The summed E-state index contributed by atoms with van der Waals surface area (Å²) in [6.07, 6.45) is 3.05. The van der Waals surface area contributed by atoms with Gasteiger partial charge < -0.3 is 0 Å². The number of pyridine rings is 1. The Morgan fingerprint density at radius 2 is 2.05 bits per heavy atom. The predicted octanol–water partition coefficient (Wildman–Crippen LogP) is 3.99. The van der Waals surface area contributed by atoms with E-state index in [0.717, 1.165) is 41.5 Å². The summed E-state index contributed by atoms with van der Waals surface area (Å²) in [5.41, 5.74) is 4.92. The largest absolute Gasteiger partial charge is 0.296 e. The number of rotatable bonds is 0. The van der Waals surface area contributed by atoms with E-state index in [-0.39, 0.29) is 11.3 Å².